The molecule has 0 radical (unpaired) electrons. The highest BCUT2D eigenvalue weighted by Gasteiger charge is 2.23. The molecule has 2 aromatic carbocycles. The number of hydrogen-bond acceptors (Lipinski definition) is 5. The van der Waals surface area contributed by atoms with Crippen LogP contribution in [0, 0.1) is 18.6 Å². The highest BCUT2D eigenvalue weighted by molar-refractivity contribution is 7.99. The van der Waals surface area contributed by atoms with Gasteiger partial charge in [-0.05, 0) is 37.3 Å². The van der Waals surface area contributed by atoms with Crippen molar-refractivity contribution in [3.05, 3.63) is 71.9 Å². The van der Waals surface area contributed by atoms with E-state index in [2.05, 4.69) is 9.97 Å². The number of thioether (sulfide) groups is 1. The average molecular weight is 441 g/mol. The summed E-state index contributed by atoms with van der Waals surface area (Å²) in [5.41, 5.74) is 1.93. The van der Waals surface area contributed by atoms with Gasteiger partial charge in [0.15, 0.2) is 5.82 Å². The summed E-state index contributed by atoms with van der Waals surface area (Å²) in [5, 5.41) is 0.671. The van der Waals surface area contributed by atoms with Crippen molar-refractivity contribution in [1.82, 2.24) is 14.9 Å². The standard InChI is InChI=1S/C23H22F2N4OS/c1-16-13-21(27-23(26-16)17-5-4-6-18(24)14-17)31-15-22(30)29-11-9-28(10-12-29)20-8-3-2-7-19(20)25/h2-8,13-14H,9-12,15H2,1H3. The van der Waals surface area contributed by atoms with Gasteiger partial charge < -0.3 is 9.80 Å². The topological polar surface area (TPSA) is 49.3 Å². The zero-order valence-corrected chi connectivity index (χ0v) is 17.9. The van der Waals surface area contributed by atoms with Gasteiger partial charge in [0.05, 0.1) is 11.4 Å². The third kappa shape index (κ3) is 5.19. The zero-order valence-electron chi connectivity index (χ0n) is 17.1. The van der Waals surface area contributed by atoms with Crippen molar-refractivity contribution < 1.29 is 13.6 Å². The van der Waals surface area contributed by atoms with Gasteiger partial charge in [-0.2, -0.15) is 0 Å². The number of hydrogen-bond donors (Lipinski definition) is 0. The van der Waals surface area contributed by atoms with Crippen LogP contribution >= 0.6 is 11.8 Å². The van der Waals surface area contributed by atoms with Gasteiger partial charge in [0.1, 0.15) is 16.7 Å². The summed E-state index contributed by atoms with van der Waals surface area (Å²) in [4.78, 5) is 25.3. The predicted molar refractivity (Wildman–Crippen MR) is 118 cm³/mol. The second-order valence-corrected chi connectivity index (χ2v) is 8.29. The van der Waals surface area contributed by atoms with Crippen molar-refractivity contribution in [3.8, 4) is 11.4 Å². The Bertz CT molecular complexity index is 1090. The number of piperazine rings is 1. The average Bonchev–Trinajstić information content (AvgIpc) is 2.77. The Labute approximate surface area is 184 Å². The van der Waals surface area contributed by atoms with Crippen LogP contribution in [0.15, 0.2) is 59.6 Å². The molecule has 4 rings (SSSR count). The van der Waals surface area contributed by atoms with Crippen LogP contribution in [0.2, 0.25) is 0 Å². The summed E-state index contributed by atoms with van der Waals surface area (Å²) < 4.78 is 27.5. The number of amides is 1. The molecule has 31 heavy (non-hydrogen) atoms. The molecule has 8 heteroatoms. The minimum absolute atomic E-state index is 0.0155. The van der Waals surface area contributed by atoms with Crippen LogP contribution in [-0.4, -0.2) is 52.7 Å². The van der Waals surface area contributed by atoms with Crippen molar-refractivity contribution in [2.75, 3.05) is 36.8 Å². The van der Waals surface area contributed by atoms with E-state index in [0.29, 0.717) is 48.3 Å². The van der Waals surface area contributed by atoms with E-state index in [9.17, 15) is 13.6 Å². The molecule has 0 N–H and O–H groups in total. The summed E-state index contributed by atoms with van der Waals surface area (Å²) >= 11 is 1.34. The molecule has 3 aromatic rings. The van der Waals surface area contributed by atoms with Gasteiger partial charge in [-0.3, -0.25) is 4.79 Å². The van der Waals surface area contributed by atoms with Gasteiger partial charge in [-0.15, -0.1) is 0 Å². The molecule has 1 fully saturated rings. The summed E-state index contributed by atoms with van der Waals surface area (Å²) in [6.45, 7) is 4.12. The van der Waals surface area contributed by atoms with Gasteiger partial charge in [-0.1, -0.05) is 36.0 Å². The van der Waals surface area contributed by atoms with E-state index in [-0.39, 0.29) is 23.3 Å². The maximum absolute atomic E-state index is 14.0. The molecule has 2 heterocycles. The first-order valence-electron chi connectivity index (χ1n) is 10.0. The number of halogens is 2. The number of benzene rings is 2. The van der Waals surface area contributed by atoms with Crippen LogP contribution in [0.3, 0.4) is 0 Å². The largest absolute Gasteiger partial charge is 0.366 e. The normalized spacial score (nSPS) is 14.0. The number of para-hydroxylation sites is 1. The molecule has 5 nitrogen and oxygen atoms in total. The fourth-order valence-corrected chi connectivity index (χ4v) is 4.36. The van der Waals surface area contributed by atoms with Gasteiger partial charge in [0, 0.05) is 37.4 Å². The minimum Gasteiger partial charge on any atom is -0.366 e. The summed E-state index contributed by atoms with van der Waals surface area (Å²) in [5.74, 6) is 0.112. The Morgan fingerprint density at radius 1 is 1.00 bits per heavy atom. The molecule has 1 aromatic heterocycles. The number of aromatic nitrogens is 2. The molecule has 1 amide bonds. The van der Waals surface area contributed by atoms with Crippen molar-refractivity contribution >= 4 is 23.4 Å². The first-order valence-corrected chi connectivity index (χ1v) is 11.0. The third-order valence-electron chi connectivity index (χ3n) is 5.08. The van der Waals surface area contributed by atoms with Gasteiger partial charge in [0.2, 0.25) is 5.91 Å². The van der Waals surface area contributed by atoms with E-state index < -0.39 is 0 Å². The molecule has 1 aliphatic rings. The van der Waals surface area contributed by atoms with E-state index in [1.165, 1.54) is 30.0 Å². The SMILES string of the molecule is Cc1cc(SCC(=O)N2CCN(c3ccccc3F)CC2)nc(-c2cccc(F)c2)n1. The smallest absolute Gasteiger partial charge is 0.233 e. The first kappa shape index (κ1) is 21.2. The summed E-state index contributed by atoms with van der Waals surface area (Å²) in [6.07, 6.45) is 0. The minimum atomic E-state index is -0.346. The molecule has 0 saturated carbocycles. The van der Waals surface area contributed by atoms with E-state index in [1.807, 2.05) is 24.0 Å². The molecule has 0 aliphatic carbocycles. The Morgan fingerprint density at radius 2 is 1.77 bits per heavy atom. The fourth-order valence-electron chi connectivity index (χ4n) is 3.50. The second-order valence-electron chi connectivity index (χ2n) is 7.29. The van der Waals surface area contributed by atoms with Crippen LogP contribution in [-0.2, 0) is 4.79 Å². The van der Waals surface area contributed by atoms with Gasteiger partial charge in [-0.25, -0.2) is 18.7 Å². The maximum atomic E-state index is 14.0. The monoisotopic (exact) mass is 440 g/mol. The predicted octanol–water partition coefficient (Wildman–Crippen LogP) is 4.17. The molecule has 160 valence electrons. The van der Waals surface area contributed by atoms with E-state index in [1.54, 1.807) is 29.2 Å². The Hall–Kier alpha value is -3.00. The lowest BCUT2D eigenvalue weighted by Crippen LogP contribution is -2.49. The molecule has 0 atom stereocenters. The Kier molecular flexibility index (Phi) is 6.46. The number of anilines is 1. The quantitative estimate of drug-likeness (QED) is 0.440. The Morgan fingerprint density at radius 3 is 2.52 bits per heavy atom. The number of carbonyl (C=O) groups excluding carboxylic acids is 1. The first-order chi connectivity index (χ1) is 15.0. The summed E-state index contributed by atoms with van der Waals surface area (Å²) in [7, 11) is 0. The van der Waals surface area contributed by atoms with Crippen molar-refractivity contribution in [1.29, 1.82) is 0 Å². The second kappa shape index (κ2) is 9.43. The lowest BCUT2D eigenvalue weighted by atomic mass is 10.2. The van der Waals surface area contributed by atoms with E-state index in [0.717, 1.165) is 5.69 Å². The van der Waals surface area contributed by atoms with Gasteiger partial charge in [0.25, 0.3) is 0 Å². The number of rotatable bonds is 5. The molecular formula is C23H22F2N4OS. The number of aryl methyl sites for hydroxylation is 1. The Balaban J connectivity index is 1.36. The van der Waals surface area contributed by atoms with Crippen LogP contribution in [0.5, 0.6) is 0 Å². The molecular weight excluding hydrogens is 418 g/mol. The molecule has 1 saturated heterocycles. The van der Waals surface area contributed by atoms with Crippen LogP contribution in [0.25, 0.3) is 11.4 Å². The van der Waals surface area contributed by atoms with Crippen LogP contribution in [0.1, 0.15) is 5.69 Å². The highest BCUT2D eigenvalue weighted by atomic mass is 32.2. The lowest BCUT2D eigenvalue weighted by molar-refractivity contribution is -0.128. The number of carbonyl (C=O) groups is 1. The zero-order chi connectivity index (χ0) is 21.8. The van der Waals surface area contributed by atoms with Crippen molar-refractivity contribution in [2.24, 2.45) is 0 Å². The lowest BCUT2D eigenvalue weighted by Gasteiger charge is -2.36. The highest BCUT2D eigenvalue weighted by Crippen LogP contribution is 2.24. The molecule has 0 unspecified atom stereocenters. The summed E-state index contributed by atoms with van der Waals surface area (Å²) in [6, 6.07) is 14.7. The van der Waals surface area contributed by atoms with Crippen LogP contribution in [0.4, 0.5) is 14.5 Å². The van der Waals surface area contributed by atoms with Gasteiger partial charge >= 0.3 is 0 Å². The van der Waals surface area contributed by atoms with E-state index >= 15 is 0 Å². The molecule has 0 spiro atoms. The third-order valence-corrected chi connectivity index (χ3v) is 5.98. The maximum Gasteiger partial charge on any atom is 0.233 e. The molecule has 0 bridgehead atoms. The number of nitrogens with zero attached hydrogens (tertiary/aromatic N) is 4. The van der Waals surface area contributed by atoms with Crippen LogP contribution < -0.4 is 4.90 Å². The molecule has 1 aliphatic heterocycles. The van der Waals surface area contributed by atoms with Crippen molar-refractivity contribution in [3.63, 3.8) is 0 Å². The van der Waals surface area contributed by atoms with Crippen molar-refractivity contribution in [2.45, 2.75) is 11.9 Å². The van der Waals surface area contributed by atoms with E-state index in [4.69, 9.17) is 0 Å². The fraction of sp³-hybridized carbons (Fsp3) is 0.261.